The third-order valence-electron chi connectivity index (χ3n) is 5.38. The number of hydrogen-bond acceptors (Lipinski definition) is 4. The third-order valence-corrected chi connectivity index (χ3v) is 5.82. The largest absolute Gasteiger partial charge is 0.387 e. The Morgan fingerprint density at radius 2 is 1.67 bits per heavy atom. The van der Waals surface area contributed by atoms with Crippen molar-refractivity contribution in [3.8, 4) is 0 Å². The average molecular weight is 470 g/mol. The van der Waals surface area contributed by atoms with E-state index in [2.05, 4.69) is 75.2 Å². The van der Waals surface area contributed by atoms with Crippen LogP contribution in [0.2, 0.25) is 0 Å². The van der Waals surface area contributed by atoms with E-state index in [1.807, 2.05) is 50.3 Å². The highest BCUT2D eigenvalue weighted by atomic mass is 32.1. The number of rotatable bonds is 15. The lowest BCUT2D eigenvalue weighted by Crippen LogP contribution is -2.40. The Hall–Kier alpha value is -1.85. The van der Waals surface area contributed by atoms with Crippen molar-refractivity contribution >= 4 is 12.6 Å². The zero-order valence-corrected chi connectivity index (χ0v) is 21.9. The molecule has 0 spiro atoms. The molecule has 1 N–H and O–H groups in total. The SMILES string of the molecule is C=C/C=C(\C=C/C)C(O)CN(CC(CS)C(/C=C\C)=C/C)CC(OC(C)C)c1ccccc1. The maximum Gasteiger partial charge on any atom is 0.0955 e. The number of aliphatic hydroxyl groups is 1. The summed E-state index contributed by atoms with van der Waals surface area (Å²) in [6.07, 6.45) is 13.2. The Bertz CT molecular complexity index is 795. The molecule has 0 amide bonds. The fourth-order valence-electron chi connectivity index (χ4n) is 3.88. The molecular formula is C29H43NO2S. The van der Waals surface area contributed by atoms with Gasteiger partial charge in [-0.05, 0) is 57.1 Å². The molecule has 0 aliphatic carbocycles. The van der Waals surface area contributed by atoms with Crippen LogP contribution in [0.5, 0.6) is 0 Å². The van der Waals surface area contributed by atoms with E-state index in [-0.39, 0.29) is 18.1 Å². The van der Waals surface area contributed by atoms with Crippen molar-refractivity contribution in [1.82, 2.24) is 4.90 Å². The highest BCUT2D eigenvalue weighted by molar-refractivity contribution is 7.80. The number of hydrogen-bond donors (Lipinski definition) is 2. The summed E-state index contributed by atoms with van der Waals surface area (Å²) in [6.45, 7) is 15.9. The summed E-state index contributed by atoms with van der Waals surface area (Å²) in [5, 5.41) is 11.1. The van der Waals surface area contributed by atoms with E-state index in [4.69, 9.17) is 4.74 Å². The van der Waals surface area contributed by atoms with Gasteiger partial charge in [-0.1, -0.05) is 79.4 Å². The van der Waals surface area contributed by atoms with Gasteiger partial charge in [-0.2, -0.15) is 12.6 Å². The first-order valence-corrected chi connectivity index (χ1v) is 12.5. The molecule has 3 atom stereocenters. The van der Waals surface area contributed by atoms with E-state index >= 15 is 0 Å². The smallest absolute Gasteiger partial charge is 0.0955 e. The van der Waals surface area contributed by atoms with Crippen LogP contribution in [-0.2, 0) is 4.74 Å². The molecule has 0 radical (unpaired) electrons. The molecule has 1 rings (SSSR count). The molecule has 182 valence electrons. The summed E-state index contributed by atoms with van der Waals surface area (Å²) in [4.78, 5) is 2.30. The lowest BCUT2D eigenvalue weighted by Gasteiger charge is -2.33. The maximum atomic E-state index is 11.1. The van der Waals surface area contributed by atoms with Gasteiger partial charge in [-0.15, -0.1) is 0 Å². The molecule has 0 saturated heterocycles. The van der Waals surface area contributed by atoms with E-state index < -0.39 is 6.10 Å². The minimum absolute atomic E-state index is 0.0935. The van der Waals surface area contributed by atoms with E-state index in [0.29, 0.717) is 13.1 Å². The van der Waals surface area contributed by atoms with E-state index in [1.165, 1.54) is 5.57 Å². The predicted octanol–water partition coefficient (Wildman–Crippen LogP) is 6.57. The standard InChI is InChI=1S/C29H43NO2S/c1-7-14-24(10-4)27(22-33)19-30(20-28(31)25(15-8-2)16-9-3)21-29(32-23(5)6)26-17-12-11-13-18-26/h7-18,23,27-29,31,33H,2,19-22H2,1,3-6H3/b14-7-,16-9-,24-10+,25-15+. The molecular weight excluding hydrogens is 426 g/mol. The highest BCUT2D eigenvalue weighted by Crippen LogP contribution is 2.24. The van der Waals surface area contributed by atoms with E-state index in [9.17, 15) is 5.11 Å². The van der Waals surface area contributed by atoms with Gasteiger partial charge in [0.05, 0.1) is 18.3 Å². The molecule has 0 aliphatic rings. The van der Waals surface area contributed by atoms with Crippen molar-refractivity contribution < 1.29 is 9.84 Å². The van der Waals surface area contributed by atoms with Crippen molar-refractivity contribution in [3.05, 3.63) is 96.2 Å². The first-order valence-electron chi connectivity index (χ1n) is 11.9. The Balaban J connectivity index is 3.28. The van der Waals surface area contributed by atoms with Crippen LogP contribution >= 0.6 is 12.6 Å². The third kappa shape index (κ3) is 10.7. The second-order valence-electron chi connectivity index (χ2n) is 8.39. The molecule has 3 nitrogen and oxygen atoms in total. The molecule has 0 aliphatic heterocycles. The number of thiol groups is 1. The first-order chi connectivity index (χ1) is 15.9. The van der Waals surface area contributed by atoms with Crippen LogP contribution in [0.15, 0.2) is 90.6 Å². The molecule has 1 aromatic carbocycles. The Morgan fingerprint density at radius 1 is 1.03 bits per heavy atom. The zero-order valence-electron chi connectivity index (χ0n) is 21.0. The van der Waals surface area contributed by atoms with Gasteiger partial charge in [0.2, 0.25) is 0 Å². The molecule has 33 heavy (non-hydrogen) atoms. The summed E-state index contributed by atoms with van der Waals surface area (Å²) in [5.41, 5.74) is 3.24. The fourth-order valence-corrected chi connectivity index (χ4v) is 4.20. The van der Waals surface area contributed by atoms with Gasteiger partial charge >= 0.3 is 0 Å². The van der Waals surface area contributed by atoms with E-state index in [1.54, 1.807) is 6.08 Å². The van der Waals surface area contributed by atoms with Gasteiger partial charge in [0.15, 0.2) is 0 Å². The summed E-state index contributed by atoms with van der Waals surface area (Å²) in [7, 11) is 0. The normalized spacial score (nSPS) is 16.2. The quantitative estimate of drug-likeness (QED) is 0.225. The fraction of sp³-hybridized carbons (Fsp3) is 0.448. The second kappa shape index (κ2) is 16.7. The van der Waals surface area contributed by atoms with Crippen LogP contribution in [0.4, 0.5) is 0 Å². The monoisotopic (exact) mass is 469 g/mol. The maximum absolute atomic E-state index is 11.1. The highest BCUT2D eigenvalue weighted by Gasteiger charge is 2.24. The Morgan fingerprint density at radius 3 is 2.18 bits per heavy atom. The van der Waals surface area contributed by atoms with Gasteiger partial charge in [0.25, 0.3) is 0 Å². The van der Waals surface area contributed by atoms with Gasteiger partial charge in [-0.3, -0.25) is 4.90 Å². The van der Waals surface area contributed by atoms with Crippen molar-refractivity contribution in [2.24, 2.45) is 5.92 Å². The van der Waals surface area contributed by atoms with Crippen molar-refractivity contribution in [2.45, 2.75) is 52.9 Å². The lowest BCUT2D eigenvalue weighted by molar-refractivity contribution is -0.0198. The van der Waals surface area contributed by atoms with Crippen LogP contribution in [0.3, 0.4) is 0 Å². The lowest BCUT2D eigenvalue weighted by atomic mass is 9.98. The Labute approximate surface area is 207 Å². The number of aliphatic hydroxyl groups excluding tert-OH is 1. The molecule has 0 fully saturated rings. The van der Waals surface area contributed by atoms with Crippen molar-refractivity contribution in [2.75, 3.05) is 25.4 Å². The number of nitrogens with zero attached hydrogens (tertiary/aromatic N) is 1. The van der Waals surface area contributed by atoms with Crippen molar-refractivity contribution in [3.63, 3.8) is 0 Å². The topological polar surface area (TPSA) is 32.7 Å². The summed E-state index contributed by atoms with van der Waals surface area (Å²) in [6, 6.07) is 10.3. The van der Waals surface area contributed by atoms with Gasteiger partial charge in [0, 0.05) is 25.6 Å². The summed E-state index contributed by atoms with van der Waals surface area (Å²) in [5.74, 6) is 0.966. The Kier molecular flexibility index (Phi) is 14.8. The van der Waals surface area contributed by atoms with E-state index in [0.717, 1.165) is 23.4 Å². The van der Waals surface area contributed by atoms with Crippen LogP contribution in [0, 0.1) is 5.92 Å². The second-order valence-corrected chi connectivity index (χ2v) is 8.75. The summed E-state index contributed by atoms with van der Waals surface area (Å²) < 4.78 is 6.34. The number of ether oxygens (including phenoxy) is 1. The molecule has 0 heterocycles. The molecule has 0 bridgehead atoms. The molecule has 0 aromatic heterocycles. The van der Waals surface area contributed by atoms with Crippen LogP contribution in [0.1, 0.15) is 46.3 Å². The molecule has 1 aromatic rings. The van der Waals surface area contributed by atoms with Gasteiger partial charge in [0.1, 0.15) is 0 Å². The first kappa shape index (κ1) is 29.2. The average Bonchev–Trinajstić information content (AvgIpc) is 2.80. The number of allylic oxidation sites excluding steroid dienone is 6. The number of benzene rings is 1. The molecule has 0 saturated carbocycles. The predicted molar refractivity (Wildman–Crippen MR) is 147 cm³/mol. The van der Waals surface area contributed by atoms with Gasteiger partial charge in [-0.25, -0.2) is 0 Å². The minimum atomic E-state index is -0.633. The van der Waals surface area contributed by atoms with Crippen LogP contribution in [0.25, 0.3) is 0 Å². The van der Waals surface area contributed by atoms with Gasteiger partial charge < -0.3 is 9.84 Å². The molecule has 4 heteroatoms. The van der Waals surface area contributed by atoms with Crippen LogP contribution < -0.4 is 0 Å². The molecule has 3 unspecified atom stereocenters. The van der Waals surface area contributed by atoms with Crippen LogP contribution in [-0.4, -0.2) is 47.6 Å². The minimum Gasteiger partial charge on any atom is -0.387 e. The summed E-state index contributed by atoms with van der Waals surface area (Å²) >= 11 is 4.66. The zero-order chi connectivity index (χ0) is 24.6. The van der Waals surface area contributed by atoms with Crippen molar-refractivity contribution in [1.29, 1.82) is 0 Å².